The number of nitrogens with one attached hydrogen (secondary N) is 1. The topological polar surface area (TPSA) is 24.9 Å². The molecule has 1 aliphatic carbocycles. The highest BCUT2D eigenvalue weighted by atomic mass is 32.1. The summed E-state index contributed by atoms with van der Waals surface area (Å²) in [6.45, 7) is 7.61. The van der Waals surface area contributed by atoms with Gasteiger partial charge in [-0.2, -0.15) is 0 Å². The van der Waals surface area contributed by atoms with Crippen molar-refractivity contribution in [2.75, 3.05) is 0 Å². The lowest BCUT2D eigenvalue weighted by molar-refractivity contribution is 0.593. The maximum atomic E-state index is 4.95. The highest BCUT2D eigenvalue weighted by molar-refractivity contribution is 7.12. The van der Waals surface area contributed by atoms with Gasteiger partial charge in [0.1, 0.15) is 0 Å². The van der Waals surface area contributed by atoms with Crippen LogP contribution in [0.5, 0.6) is 0 Å². The van der Waals surface area contributed by atoms with Crippen LogP contribution in [0.25, 0.3) is 11.3 Å². The molecule has 2 aromatic rings. The average molecular weight is 286 g/mol. The van der Waals surface area contributed by atoms with Crippen molar-refractivity contribution in [3.63, 3.8) is 0 Å². The van der Waals surface area contributed by atoms with Gasteiger partial charge in [0.25, 0.3) is 0 Å². The smallest absolute Gasteiger partial charge is 0.0969 e. The van der Waals surface area contributed by atoms with Crippen molar-refractivity contribution in [1.82, 2.24) is 10.3 Å². The minimum Gasteiger partial charge on any atom is -0.310 e. The van der Waals surface area contributed by atoms with Crippen LogP contribution >= 0.6 is 11.3 Å². The molecule has 0 saturated heterocycles. The summed E-state index contributed by atoms with van der Waals surface area (Å²) < 4.78 is 0. The first-order valence-electron chi connectivity index (χ1n) is 7.43. The van der Waals surface area contributed by atoms with Gasteiger partial charge in [0.2, 0.25) is 0 Å². The first kappa shape index (κ1) is 13.8. The molecule has 2 atom stereocenters. The fraction of sp³-hybridized carbons (Fsp3) is 0.471. The second-order valence-corrected chi connectivity index (χ2v) is 7.16. The molecule has 1 aromatic carbocycles. The third-order valence-corrected chi connectivity index (χ3v) is 5.05. The largest absolute Gasteiger partial charge is 0.310 e. The van der Waals surface area contributed by atoms with Gasteiger partial charge >= 0.3 is 0 Å². The molecule has 106 valence electrons. The van der Waals surface area contributed by atoms with E-state index in [1.54, 1.807) is 0 Å². The van der Waals surface area contributed by atoms with Crippen LogP contribution in [-0.4, -0.2) is 11.0 Å². The molecule has 0 spiro atoms. The highest BCUT2D eigenvalue weighted by Crippen LogP contribution is 2.49. The monoisotopic (exact) mass is 286 g/mol. The Bertz CT molecular complexity index is 574. The molecule has 20 heavy (non-hydrogen) atoms. The van der Waals surface area contributed by atoms with Crippen molar-refractivity contribution in [2.24, 2.45) is 5.92 Å². The second-order valence-electron chi connectivity index (χ2n) is 6.04. The number of hydrogen-bond donors (Lipinski definition) is 1. The van der Waals surface area contributed by atoms with E-state index in [1.165, 1.54) is 27.6 Å². The Morgan fingerprint density at radius 3 is 2.60 bits per heavy atom. The summed E-state index contributed by atoms with van der Waals surface area (Å²) in [7, 11) is 0. The number of hydrogen-bond acceptors (Lipinski definition) is 3. The molecule has 0 amide bonds. The van der Waals surface area contributed by atoms with Crippen molar-refractivity contribution >= 4 is 11.3 Å². The molecule has 3 rings (SSSR count). The lowest BCUT2D eigenvalue weighted by Crippen LogP contribution is -2.21. The van der Waals surface area contributed by atoms with Crippen molar-refractivity contribution in [3.8, 4) is 11.3 Å². The van der Waals surface area contributed by atoms with Gasteiger partial charge in [-0.15, -0.1) is 11.3 Å². The van der Waals surface area contributed by atoms with Crippen LogP contribution in [0.15, 0.2) is 30.3 Å². The van der Waals surface area contributed by atoms with Gasteiger partial charge in [-0.3, -0.25) is 0 Å². The Kier molecular flexibility index (Phi) is 3.90. The molecule has 0 aliphatic heterocycles. The van der Waals surface area contributed by atoms with Crippen LogP contribution in [0.2, 0.25) is 0 Å². The number of rotatable bonds is 5. The van der Waals surface area contributed by atoms with Gasteiger partial charge in [-0.05, 0) is 12.3 Å². The van der Waals surface area contributed by atoms with E-state index in [-0.39, 0.29) is 0 Å². The third kappa shape index (κ3) is 2.94. The molecular weight excluding hydrogens is 264 g/mol. The molecule has 1 saturated carbocycles. The summed E-state index contributed by atoms with van der Waals surface area (Å²) in [4.78, 5) is 6.32. The average Bonchev–Trinajstić information content (AvgIpc) is 3.02. The van der Waals surface area contributed by atoms with E-state index in [1.807, 2.05) is 11.3 Å². The zero-order chi connectivity index (χ0) is 14.1. The molecule has 0 bridgehead atoms. The number of benzene rings is 1. The molecule has 0 radical (unpaired) electrons. The third-order valence-electron chi connectivity index (χ3n) is 3.86. The Hall–Kier alpha value is -1.19. The molecule has 2 unspecified atom stereocenters. The summed E-state index contributed by atoms with van der Waals surface area (Å²) >= 11 is 1.90. The Morgan fingerprint density at radius 2 is 2.00 bits per heavy atom. The Labute approximate surface area is 125 Å². The summed E-state index contributed by atoms with van der Waals surface area (Å²) in [6.07, 6.45) is 1.30. The molecule has 3 heteroatoms. The number of nitrogens with zero attached hydrogens (tertiary/aromatic N) is 1. The SMILES string of the molecule is CC(C)NCc1sc(C2CC2C)nc1-c1ccccc1. The van der Waals surface area contributed by atoms with Gasteiger partial charge in [-0.25, -0.2) is 4.98 Å². The van der Waals surface area contributed by atoms with E-state index < -0.39 is 0 Å². The van der Waals surface area contributed by atoms with E-state index in [0.29, 0.717) is 12.0 Å². The fourth-order valence-corrected chi connectivity index (χ4v) is 3.72. The van der Waals surface area contributed by atoms with E-state index >= 15 is 0 Å². The van der Waals surface area contributed by atoms with Crippen LogP contribution in [-0.2, 0) is 6.54 Å². The van der Waals surface area contributed by atoms with E-state index in [4.69, 9.17) is 4.98 Å². The van der Waals surface area contributed by atoms with Crippen LogP contribution in [0.3, 0.4) is 0 Å². The second kappa shape index (κ2) is 5.66. The standard InChI is InChI=1S/C17H22N2S/c1-11(2)18-10-15-16(13-7-5-4-6-8-13)19-17(20-15)14-9-12(14)3/h4-8,11-12,14,18H,9-10H2,1-3H3. The van der Waals surface area contributed by atoms with Gasteiger partial charge in [0.15, 0.2) is 0 Å². The van der Waals surface area contributed by atoms with Crippen molar-refractivity contribution in [1.29, 1.82) is 0 Å². The first-order chi connectivity index (χ1) is 9.65. The summed E-state index contributed by atoms with van der Waals surface area (Å²) in [6, 6.07) is 11.1. The number of aromatic nitrogens is 1. The summed E-state index contributed by atoms with van der Waals surface area (Å²) in [5.41, 5.74) is 2.42. The van der Waals surface area contributed by atoms with Gasteiger partial charge < -0.3 is 5.32 Å². The molecule has 1 heterocycles. The van der Waals surface area contributed by atoms with Gasteiger partial charge in [0, 0.05) is 28.9 Å². The van der Waals surface area contributed by atoms with Crippen LogP contribution in [0.1, 0.15) is 43.0 Å². The lowest BCUT2D eigenvalue weighted by atomic mass is 10.1. The predicted octanol–water partition coefficient (Wildman–Crippen LogP) is 4.43. The number of thiazole rings is 1. The van der Waals surface area contributed by atoms with E-state index in [9.17, 15) is 0 Å². The van der Waals surface area contributed by atoms with Crippen LogP contribution in [0.4, 0.5) is 0 Å². The minimum absolute atomic E-state index is 0.504. The van der Waals surface area contributed by atoms with Gasteiger partial charge in [0.05, 0.1) is 10.7 Å². The van der Waals surface area contributed by atoms with Crippen molar-refractivity contribution < 1.29 is 0 Å². The molecule has 2 nitrogen and oxygen atoms in total. The predicted molar refractivity (Wildman–Crippen MR) is 86.0 cm³/mol. The maximum Gasteiger partial charge on any atom is 0.0969 e. The maximum absolute atomic E-state index is 4.95. The zero-order valence-electron chi connectivity index (χ0n) is 12.4. The van der Waals surface area contributed by atoms with Crippen LogP contribution in [0, 0.1) is 5.92 Å². The Morgan fingerprint density at radius 1 is 1.30 bits per heavy atom. The zero-order valence-corrected chi connectivity index (χ0v) is 13.2. The minimum atomic E-state index is 0.504. The van der Waals surface area contributed by atoms with Crippen molar-refractivity contribution in [3.05, 3.63) is 40.2 Å². The highest BCUT2D eigenvalue weighted by Gasteiger charge is 2.37. The normalized spacial score (nSPS) is 21.4. The molecule has 1 N–H and O–H groups in total. The van der Waals surface area contributed by atoms with E-state index in [0.717, 1.165) is 12.5 Å². The summed E-state index contributed by atoms with van der Waals surface area (Å²) in [5.74, 6) is 1.52. The van der Waals surface area contributed by atoms with E-state index in [2.05, 4.69) is 56.4 Å². The molecular formula is C17H22N2S. The first-order valence-corrected chi connectivity index (χ1v) is 8.25. The summed E-state index contributed by atoms with van der Waals surface area (Å²) in [5, 5.41) is 4.86. The van der Waals surface area contributed by atoms with Gasteiger partial charge in [-0.1, -0.05) is 51.1 Å². The van der Waals surface area contributed by atoms with Crippen LogP contribution < -0.4 is 5.32 Å². The molecule has 1 aliphatic rings. The Balaban J connectivity index is 1.91. The quantitative estimate of drug-likeness (QED) is 0.879. The molecule has 1 aromatic heterocycles. The van der Waals surface area contributed by atoms with Crippen molar-refractivity contribution in [2.45, 2.75) is 45.7 Å². The fourth-order valence-electron chi connectivity index (χ4n) is 2.43. The molecule has 1 fully saturated rings. The lowest BCUT2D eigenvalue weighted by Gasteiger charge is -2.07.